The maximum atomic E-state index is 11.9. The monoisotopic (exact) mass is 407 g/mol. The van der Waals surface area contributed by atoms with Gasteiger partial charge in [0, 0.05) is 27.2 Å². The number of fused-ring (bicyclic) bond motifs is 1. The van der Waals surface area contributed by atoms with E-state index in [2.05, 4.69) is 32.6 Å². The Hall–Kier alpha value is -1.96. The Labute approximate surface area is 141 Å². The van der Waals surface area contributed by atoms with Crippen molar-refractivity contribution in [1.29, 1.82) is 0 Å². The molecule has 0 aromatic carbocycles. The first-order valence-electron chi connectivity index (χ1n) is 6.88. The minimum Gasteiger partial charge on any atom is -0.461 e. The normalized spacial score (nSPS) is 10.9. The Bertz CT molecular complexity index is 843. The second kappa shape index (κ2) is 6.04. The third-order valence-electron chi connectivity index (χ3n) is 3.35. The van der Waals surface area contributed by atoms with Crippen LogP contribution in [0, 0.1) is 10.5 Å². The molecule has 0 saturated heterocycles. The molecule has 112 valence electrons. The lowest BCUT2D eigenvalue weighted by atomic mass is 10.1. The third-order valence-corrected chi connectivity index (χ3v) is 4.44. The highest BCUT2D eigenvalue weighted by atomic mass is 127. The Morgan fingerprint density at radius 1 is 1.41 bits per heavy atom. The summed E-state index contributed by atoms with van der Waals surface area (Å²) in [5.41, 5.74) is 3.76. The number of aryl methyl sites for hydroxylation is 1. The van der Waals surface area contributed by atoms with E-state index in [4.69, 9.17) is 4.74 Å². The van der Waals surface area contributed by atoms with Crippen molar-refractivity contribution in [2.45, 2.75) is 13.8 Å². The molecule has 22 heavy (non-hydrogen) atoms. The maximum absolute atomic E-state index is 11.9. The van der Waals surface area contributed by atoms with Gasteiger partial charge in [-0.3, -0.25) is 4.98 Å². The maximum Gasteiger partial charge on any atom is 0.358 e. The Balaban J connectivity index is 2.25. The Morgan fingerprint density at radius 3 is 2.91 bits per heavy atom. The van der Waals surface area contributed by atoms with Gasteiger partial charge in [-0.05, 0) is 54.6 Å². The Kier molecular flexibility index (Phi) is 4.10. The average Bonchev–Trinajstić information content (AvgIpc) is 2.97. The van der Waals surface area contributed by atoms with E-state index in [-0.39, 0.29) is 0 Å². The van der Waals surface area contributed by atoms with E-state index in [9.17, 15) is 4.79 Å². The van der Waals surface area contributed by atoms with E-state index in [0.717, 1.165) is 20.5 Å². The largest absolute Gasteiger partial charge is 0.461 e. The molecule has 0 unspecified atom stereocenters. The smallest absolute Gasteiger partial charge is 0.358 e. The number of ether oxygens (including phenoxy) is 1. The van der Waals surface area contributed by atoms with Gasteiger partial charge < -0.3 is 9.14 Å². The van der Waals surface area contributed by atoms with Gasteiger partial charge in [0.15, 0.2) is 5.69 Å². The summed E-state index contributed by atoms with van der Waals surface area (Å²) in [4.78, 5) is 20.8. The topological polar surface area (TPSA) is 56.5 Å². The van der Waals surface area contributed by atoms with Gasteiger partial charge in [0.1, 0.15) is 5.65 Å². The molecule has 0 spiro atoms. The van der Waals surface area contributed by atoms with Crippen LogP contribution < -0.4 is 0 Å². The van der Waals surface area contributed by atoms with Crippen molar-refractivity contribution in [2.24, 2.45) is 0 Å². The highest BCUT2D eigenvalue weighted by molar-refractivity contribution is 14.1. The standard InChI is InChI=1S/C16H14IN3O2/c1-3-22-16(21)14-9-20-10(2)12(17)8-11(15(20)19-14)13-6-4-5-7-18-13/h4-9H,3H2,1-2H3. The molecule has 3 aromatic rings. The molecule has 6 heteroatoms. The molecule has 0 atom stereocenters. The van der Waals surface area contributed by atoms with Crippen LogP contribution in [0.1, 0.15) is 23.1 Å². The molecular weight excluding hydrogens is 393 g/mol. The summed E-state index contributed by atoms with van der Waals surface area (Å²) in [6, 6.07) is 7.77. The highest BCUT2D eigenvalue weighted by Gasteiger charge is 2.17. The lowest BCUT2D eigenvalue weighted by molar-refractivity contribution is 0.0520. The van der Waals surface area contributed by atoms with Crippen LogP contribution in [0.3, 0.4) is 0 Å². The lowest BCUT2D eigenvalue weighted by Gasteiger charge is -2.08. The van der Waals surface area contributed by atoms with Crippen molar-refractivity contribution in [2.75, 3.05) is 6.61 Å². The van der Waals surface area contributed by atoms with E-state index in [1.165, 1.54) is 0 Å². The summed E-state index contributed by atoms with van der Waals surface area (Å²) in [6.45, 7) is 4.10. The first-order chi connectivity index (χ1) is 10.6. The quantitative estimate of drug-likeness (QED) is 0.493. The fourth-order valence-electron chi connectivity index (χ4n) is 2.25. The van der Waals surface area contributed by atoms with Crippen molar-refractivity contribution < 1.29 is 9.53 Å². The van der Waals surface area contributed by atoms with Crippen molar-refractivity contribution in [3.63, 3.8) is 0 Å². The van der Waals surface area contributed by atoms with Crippen LogP contribution in [-0.2, 0) is 4.74 Å². The fraction of sp³-hybridized carbons (Fsp3) is 0.188. The minimum atomic E-state index is -0.410. The van der Waals surface area contributed by atoms with Gasteiger partial charge in [0.05, 0.1) is 12.3 Å². The van der Waals surface area contributed by atoms with E-state index in [1.54, 1.807) is 19.3 Å². The number of rotatable bonds is 3. The van der Waals surface area contributed by atoms with Crippen LogP contribution in [0.4, 0.5) is 0 Å². The summed E-state index contributed by atoms with van der Waals surface area (Å²) in [5.74, 6) is -0.410. The highest BCUT2D eigenvalue weighted by Crippen LogP contribution is 2.27. The number of aromatic nitrogens is 3. The zero-order chi connectivity index (χ0) is 15.7. The van der Waals surface area contributed by atoms with E-state index >= 15 is 0 Å². The van der Waals surface area contributed by atoms with Crippen molar-refractivity contribution in [3.05, 3.63) is 51.6 Å². The van der Waals surface area contributed by atoms with Crippen molar-refractivity contribution in [1.82, 2.24) is 14.4 Å². The molecule has 0 aliphatic carbocycles. The molecule has 3 aromatic heterocycles. The van der Waals surface area contributed by atoms with Crippen LogP contribution in [0.5, 0.6) is 0 Å². The van der Waals surface area contributed by atoms with Gasteiger partial charge in [-0.25, -0.2) is 9.78 Å². The van der Waals surface area contributed by atoms with Gasteiger partial charge in [0.25, 0.3) is 0 Å². The van der Waals surface area contributed by atoms with Crippen molar-refractivity contribution in [3.8, 4) is 11.3 Å². The van der Waals surface area contributed by atoms with Gasteiger partial charge >= 0.3 is 5.97 Å². The van der Waals surface area contributed by atoms with E-state index in [1.807, 2.05) is 35.6 Å². The number of hydrogen-bond donors (Lipinski definition) is 0. The minimum absolute atomic E-state index is 0.309. The summed E-state index contributed by atoms with van der Waals surface area (Å²) in [5, 5.41) is 0. The summed E-state index contributed by atoms with van der Waals surface area (Å²) in [7, 11) is 0. The van der Waals surface area contributed by atoms with Crippen LogP contribution >= 0.6 is 22.6 Å². The molecule has 0 aliphatic rings. The van der Waals surface area contributed by atoms with Crippen LogP contribution in [0.2, 0.25) is 0 Å². The zero-order valence-electron chi connectivity index (χ0n) is 12.2. The van der Waals surface area contributed by atoms with Gasteiger partial charge in [-0.2, -0.15) is 0 Å². The lowest BCUT2D eigenvalue weighted by Crippen LogP contribution is -2.04. The zero-order valence-corrected chi connectivity index (χ0v) is 14.4. The number of carbonyl (C=O) groups is 1. The fourth-order valence-corrected chi connectivity index (χ4v) is 2.82. The summed E-state index contributed by atoms with van der Waals surface area (Å²) < 4.78 is 8.04. The predicted octanol–water partition coefficient (Wildman–Crippen LogP) is 3.49. The first kappa shape index (κ1) is 15.0. The van der Waals surface area contributed by atoms with E-state index in [0.29, 0.717) is 17.9 Å². The van der Waals surface area contributed by atoms with Crippen molar-refractivity contribution >= 4 is 34.2 Å². The molecule has 0 aliphatic heterocycles. The van der Waals surface area contributed by atoms with Crippen LogP contribution in [-0.4, -0.2) is 26.9 Å². The molecule has 0 fully saturated rings. The van der Waals surface area contributed by atoms with Gasteiger partial charge in [-0.15, -0.1) is 0 Å². The number of nitrogens with zero attached hydrogens (tertiary/aromatic N) is 3. The molecule has 3 rings (SSSR count). The molecular formula is C16H14IN3O2. The number of halogens is 1. The second-order valence-corrected chi connectivity index (χ2v) is 5.91. The number of imidazole rings is 1. The molecule has 0 radical (unpaired) electrons. The number of pyridine rings is 2. The predicted molar refractivity (Wildman–Crippen MR) is 91.8 cm³/mol. The Morgan fingerprint density at radius 2 is 2.23 bits per heavy atom. The molecule has 0 bridgehead atoms. The van der Waals surface area contributed by atoms with E-state index < -0.39 is 5.97 Å². The van der Waals surface area contributed by atoms with Gasteiger partial charge in [-0.1, -0.05) is 6.07 Å². The molecule has 5 nitrogen and oxygen atoms in total. The van der Waals surface area contributed by atoms with Crippen LogP contribution in [0.25, 0.3) is 16.9 Å². The first-order valence-corrected chi connectivity index (χ1v) is 7.96. The molecule has 0 amide bonds. The summed E-state index contributed by atoms with van der Waals surface area (Å²) in [6.07, 6.45) is 3.46. The second-order valence-electron chi connectivity index (χ2n) is 4.75. The average molecular weight is 407 g/mol. The summed E-state index contributed by atoms with van der Waals surface area (Å²) >= 11 is 2.28. The van der Waals surface area contributed by atoms with Gasteiger partial charge in [0.2, 0.25) is 0 Å². The number of carbonyl (C=O) groups excluding carboxylic acids is 1. The third kappa shape index (κ3) is 2.58. The molecule has 3 heterocycles. The number of esters is 1. The number of hydrogen-bond acceptors (Lipinski definition) is 4. The SMILES string of the molecule is CCOC(=O)c1cn2c(C)c(I)cc(-c3ccccn3)c2n1. The molecule has 0 saturated carbocycles. The molecule has 0 N–H and O–H groups in total. The van der Waals surface area contributed by atoms with Crippen LogP contribution in [0.15, 0.2) is 36.7 Å².